The highest BCUT2D eigenvalue weighted by molar-refractivity contribution is 7.99. The van der Waals surface area contributed by atoms with E-state index in [1.165, 1.54) is 28.5 Å². The van der Waals surface area contributed by atoms with Crippen molar-refractivity contribution in [1.82, 2.24) is 9.78 Å². The summed E-state index contributed by atoms with van der Waals surface area (Å²) in [5.74, 6) is 1.22. The van der Waals surface area contributed by atoms with Crippen molar-refractivity contribution in [2.75, 3.05) is 5.75 Å². The molecule has 0 fully saturated rings. The normalized spacial score (nSPS) is 15.8. The van der Waals surface area contributed by atoms with Gasteiger partial charge in [0.05, 0.1) is 0 Å². The van der Waals surface area contributed by atoms with Crippen LogP contribution in [-0.2, 0) is 13.5 Å². The Morgan fingerprint density at radius 1 is 1.60 bits per heavy atom. The SMILES string of the molecule is Cc1c2c(nn1C)SCC2. The highest BCUT2D eigenvalue weighted by atomic mass is 32.2. The van der Waals surface area contributed by atoms with Crippen LogP contribution in [0.4, 0.5) is 0 Å². The second-order valence-electron chi connectivity index (χ2n) is 2.59. The van der Waals surface area contributed by atoms with Crippen LogP contribution in [0.15, 0.2) is 5.03 Å². The average molecular weight is 154 g/mol. The molecular formula is C7H10N2S. The fourth-order valence-corrected chi connectivity index (χ4v) is 2.38. The third kappa shape index (κ3) is 0.700. The van der Waals surface area contributed by atoms with E-state index in [1.807, 2.05) is 23.5 Å². The Labute approximate surface area is 64.6 Å². The minimum atomic E-state index is 1.21. The molecule has 0 aliphatic carbocycles. The smallest absolute Gasteiger partial charge is 0.122 e. The highest BCUT2D eigenvalue weighted by Gasteiger charge is 2.18. The first kappa shape index (κ1) is 6.28. The summed E-state index contributed by atoms with van der Waals surface area (Å²) in [6.07, 6.45) is 1.21. The molecule has 0 amide bonds. The summed E-state index contributed by atoms with van der Waals surface area (Å²) in [5, 5.41) is 5.62. The molecule has 0 saturated heterocycles. The van der Waals surface area contributed by atoms with E-state index in [2.05, 4.69) is 12.0 Å². The number of aryl methyl sites for hydroxylation is 1. The van der Waals surface area contributed by atoms with Crippen LogP contribution in [0.1, 0.15) is 11.3 Å². The number of hydrogen-bond donors (Lipinski definition) is 0. The van der Waals surface area contributed by atoms with E-state index in [0.717, 1.165) is 0 Å². The van der Waals surface area contributed by atoms with Gasteiger partial charge in [0.15, 0.2) is 0 Å². The van der Waals surface area contributed by atoms with Crippen LogP contribution in [0, 0.1) is 6.92 Å². The maximum atomic E-state index is 4.37. The predicted molar refractivity (Wildman–Crippen MR) is 42.4 cm³/mol. The molecule has 0 saturated carbocycles. The largest absolute Gasteiger partial charge is 0.272 e. The van der Waals surface area contributed by atoms with E-state index < -0.39 is 0 Å². The first-order valence-corrected chi connectivity index (χ1v) is 4.43. The number of thioether (sulfide) groups is 1. The second-order valence-corrected chi connectivity index (χ2v) is 3.67. The van der Waals surface area contributed by atoms with E-state index in [4.69, 9.17) is 0 Å². The van der Waals surface area contributed by atoms with Crippen molar-refractivity contribution in [3.63, 3.8) is 0 Å². The average Bonchev–Trinajstić information content (AvgIpc) is 2.41. The summed E-state index contributed by atoms with van der Waals surface area (Å²) in [7, 11) is 2.01. The summed E-state index contributed by atoms with van der Waals surface area (Å²) in [6.45, 7) is 2.14. The molecule has 3 heteroatoms. The lowest BCUT2D eigenvalue weighted by atomic mass is 10.2. The molecule has 1 aromatic heterocycles. The third-order valence-electron chi connectivity index (χ3n) is 2.01. The first-order valence-electron chi connectivity index (χ1n) is 3.44. The summed E-state index contributed by atoms with van der Waals surface area (Å²) in [5.41, 5.74) is 2.80. The van der Waals surface area contributed by atoms with Crippen LogP contribution in [-0.4, -0.2) is 15.5 Å². The molecule has 2 rings (SSSR count). The van der Waals surface area contributed by atoms with Gasteiger partial charge in [0.25, 0.3) is 0 Å². The second kappa shape index (κ2) is 2.02. The van der Waals surface area contributed by atoms with Gasteiger partial charge in [-0.3, -0.25) is 4.68 Å². The summed E-state index contributed by atoms with van der Waals surface area (Å²) in [4.78, 5) is 0. The van der Waals surface area contributed by atoms with Crippen molar-refractivity contribution in [3.05, 3.63) is 11.3 Å². The van der Waals surface area contributed by atoms with E-state index >= 15 is 0 Å². The van der Waals surface area contributed by atoms with Crippen molar-refractivity contribution in [2.24, 2.45) is 7.05 Å². The summed E-state index contributed by atoms with van der Waals surface area (Å²) >= 11 is 1.87. The maximum Gasteiger partial charge on any atom is 0.122 e. The van der Waals surface area contributed by atoms with Crippen molar-refractivity contribution in [3.8, 4) is 0 Å². The molecule has 2 nitrogen and oxygen atoms in total. The number of fused-ring (bicyclic) bond motifs is 1. The molecule has 1 aromatic rings. The van der Waals surface area contributed by atoms with Gasteiger partial charge in [-0.05, 0) is 13.3 Å². The number of rotatable bonds is 0. The molecule has 0 radical (unpaired) electrons. The quantitative estimate of drug-likeness (QED) is 0.562. The Kier molecular flexibility index (Phi) is 1.27. The Morgan fingerprint density at radius 3 is 3.10 bits per heavy atom. The van der Waals surface area contributed by atoms with Gasteiger partial charge in [-0.25, -0.2) is 0 Å². The van der Waals surface area contributed by atoms with Gasteiger partial charge in [0.2, 0.25) is 0 Å². The summed E-state index contributed by atoms with van der Waals surface area (Å²) < 4.78 is 1.97. The van der Waals surface area contributed by atoms with E-state index in [-0.39, 0.29) is 0 Å². The monoisotopic (exact) mass is 154 g/mol. The Morgan fingerprint density at radius 2 is 2.40 bits per heavy atom. The molecule has 54 valence electrons. The van der Waals surface area contributed by atoms with Gasteiger partial charge in [-0.15, -0.1) is 11.8 Å². The van der Waals surface area contributed by atoms with Crippen LogP contribution in [0.5, 0.6) is 0 Å². The minimum absolute atomic E-state index is 1.21. The predicted octanol–water partition coefficient (Wildman–Crippen LogP) is 1.38. The first-order chi connectivity index (χ1) is 4.79. The third-order valence-corrected chi connectivity index (χ3v) is 3.02. The van der Waals surface area contributed by atoms with Crippen molar-refractivity contribution >= 4 is 11.8 Å². The number of aromatic nitrogens is 2. The lowest BCUT2D eigenvalue weighted by molar-refractivity contribution is 0.715. The molecule has 0 atom stereocenters. The van der Waals surface area contributed by atoms with Crippen LogP contribution >= 0.6 is 11.8 Å². The van der Waals surface area contributed by atoms with E-state index in [9.17, 15) is 0 Å². The van der Waals surface area contributed by atoms with Crippen molar-refractivity contribution in [1.29, 1.82) is 0 Å². The van der Waals surface area contributed by atoms with E-state index in [0.29, 0.717) is 0 Å². The van der Waals surface area contributed by atoms with E-state index in [1.54, 1.807) is 0 Å². The van der Waals surface area contributed by atoms with Gasteiger partial charge in [-0.2, -0.15) is 5.10 Å². The van der Waals surface area contributed by atoms with Crippen LogP contribution < -0.4 is 0 Å². The van der Waals surface area contributed by atoms with Gasteiger partial charge in [-0.1, -0.05) is 0 Å². The molecule has 0 aromatic carbocycles. The lowest BCUT2D eigenvalue weighted by Crippen LogP contribution is -1.94. The molecule has 2 heterocycles. The van der Waals surface area contributed by atoms with Crippen molar-refractivity contribution < 1.29 is 0 Å². The van der Waals surface area contributed by atoms with Gasteiger partial charge < -0.3 is 0 Å². The molecule has 0 N–H and O–H groups in total. The minimum Gasteiger partial charge on any atom is -0.272 e. The summed E-state index contributed by atoms with van der Waals surface area (Å²) in [6, 6.07) is 0. The molecule has 0 bridgehead atoms. The zero-order valence-electron chi connectivity index (χ0n) is 6.22. The highest BCUT2D eigenvalue weighted by Crippen LogP contribution is 2.31. The van der Waals surface area contributed by atoms with Crippen LogP contribution in [0.2, 0.25) is 0 Å². The standard InChI is InChI=1S/C7H10N2S/c1-5-6-3-4-10-7(6)8-9(5)2/h3-4H2,1-2H3. The van der Waals surface area contributed by atoms with Gasteiger partial charge in [0.1, 0.15) is 5.03 Å². The molecule has 1 aliphatic heterocycles. The molecule has 0 unspecified atom stereocenters. The fraction of sp³-hybridized carbons (Fsp3) is 0.571. The van der Waals surface area contributed by atoms with Crippen molar-refractivity contribution in [2.45, 2.75) is 18.4 Å². The molecule has 0 spiro atoms. The Hall–Kier alpha value is -0.440. The number of hydrogen-bond acceptors (Lipinski definition) is 2. The Bertz CT molecular complexity index is 265. The number of nitrogens with zero attached hydrogens (tertiary/aromatic N) is 2. The van der Waals surface area contributed by atoms with Crippen LogP contribution in [0.3, 0.4) is 0 Å². The topological polar surface area (TPSA) is 17.8 Å². The zero-order valence-corrected chi connectivity index (χ0v) is 7.03. The van der Waals surface area contributed by atoms with Gasteiger partial charge in [0, 0.05) is 24.1 Å². The molecular weight excluding hydrogens is 144 g/mol. The van der Waals surface area contributed by atoms with Gasteiger partial charge >= 0.3 is 0 Å². The zero-order chi connectivity index (χ0) is 7.14. The Balaban J connectivity index is 2.59. The lowest BCUT2D eigenvalue weighted by Gasteiger charge is -1.94. The molecule has 1 aliphatic rings. The fourth-order valence-electron chi connectivity index (χ4n) is 1.28. The van der Waals surface area contributed by atoms with Crippen LogP contribution in [0.25, 0.3) is 0 Å². The molecule has 10 heavy (non-hydrogen) atoms. The maximum absolute atomic E-state index is 4.37.